The molecule has 0 spiro atoms. The van der Waals surface area contributed by atoms with Crippen LogP contribution >= 0.6 is 0 Å². The largest absolute Gasteiger partial charge is 0.469 e. The lowest BCUT2D eigenvalue weighted by Gasteiger charge is -2.33. The molecule has 1 aromatic rings. The van der Waals surface area contributed by atoms with E-state index >= 15 is 0 Å². The summed E-state index contributed by atoms with van der Waals surface area (Å²) in [6.45, 7) is 4.38. The zero-order valence-corrected chi connectivity index (χ0v) is 16.5. The molecular formula is C22H33NO3. The second kappa shape index (κ2) is 10.3. The first-order valence-corrected chi connectivity index (χ1v) is 9.94. The number of methoxy groups -OCH3 is 1. The van der Waals surface area contributed by atoms with Gasteiger partial charge in [-0.1, -0.05) is 62.4 Å². The van der Waals surface area contributed by atoms with Gasteiger partial charge in [0.25, 0.3) is 0 Å². The van der Waals surface area contributed by atoms with Crippen LogP contribution in [0.4, 0.5) is 0 Å². The van der Waals surface area contributed by atoms with Crippen molar-refractivity contribution in [2.45, 2.75) is 71.3 Å². The molecule has 0 aromatic heterocycles. The standard InChI is InChI=1S/C22H33NO3/c1-17-10-12-19(13-11-17)14-15-21(24)23(16-18(2)22(25)26-3)20-8-6-4-5-7-9-20/h10-13,18,20H,4-9,14-16H2,1-3H3. The Balaban J connectivity index is 2.03. The smallest absolute Gasteiger partial charge is 0.310 e. The molecule has 1 aromatic carbocycles. The summed E-state index contributed by atoms with van der Waals surface area (Å²) in [4.78, 5) is 26.9. The lowest BCUT2D eigenvalue weighted by Crippen LogP contribution is -2.44. The fraction of sp³-hybridized carbons (Fsp3) is 0.636. The summed E-state index contributed by atoms with van der Waals surface area (Å²) in [5.74, 6) is -0.366. The number of esters is 1. The molecule has 0 radical (unpaired) electrons. The maximum Gasteiger partial charge on any atom is 0.310 e. The second-order valence-electron chi connectivity index (χ2n) is 7.60. The van der Waals surface area contributed by atoms with Crippen molar-refractivity contribution in [3.05, 3.63) is 35.4 Å². The van der Waals surface area contributed by atoms with Crippen molar-refractivity contribution in [1.29, 1.82) is 0 Å². The van der Waals surface area contributed by atoms with Gasteiger partial charge in [-0.2, -0.15) is 0 Å². The Hall–Kier alpha value is -1.84. The van der Waals surface area contributed by atoms with E-state index in [1.54, 1.807) is 0 Å². The van der Waals surface area contributed by atoms with Crippen molar-refractivity contribution in [3.8, 4) is 0 Å². The lowest BCUT2D eigenvalue weighted by molar-refractivity contribution is -0.147. The van der Waals surface area contributed by atoms with E-state index in [0.717, 1.165) is 19.3 Å². The number of ether oxygens (including phenoxy) is 1. The molecule has 0 N–H and O–H groups in total. The first-order valence-electron chi connectivity index (χ1n) is 9.94. The Morgan fingerprint density at radius 1 is 1.12 bits per heavy atom. The highest BCUT2D eigenvalue weighted by molar-refractivity contribution is 5.78. The zero-order valence-electron chi connectivity index (χ0n) is 16.5. The highest BCUT2D eigenvalue weighted by Crippen LogP contribution is 2.24. The van der Waals surface area contributed by atoms with Crippen molar-refractivity contribution in [2.75, 3.05) is 13.7 Å². The third-order valence-electron chi connectivity index (χ3n) is 5.41. The number of aryl methyl sites for hydroxylation is 2. The number of rotatable bonds is 7. The summed E-state index contributed by atoms with van der Waals surface area (Å²) in [6, 6.07) is 8.62. The molecule has 144 valence electrons. The lowest BCUT2D eigenvalue weighted by atomic mass is 10.0. The topological polar surface area (TPSA) is 46.6 Å². The number of carbonyl (C=O) groups is 2. The van der Waals surface area contributed by atoms with E-state index in [2.05, 4.69) is 31.2 Å². The minimum Gasteiger partial charge on any atom is -0.469 e. The van der Waals surface area contributed by atoms with Gasteiger partial charge in [-0.25, -0.2) is 0 Å². The third-order valence-corrected chi connectivity index (χ3v) is 5.41. The number of amides is 1. The number of hydrogen-bond donors (Lipinski definition) is 0. The predicted molar refractivity (Wildman–Crippen MR) is 104 cm³/mol. The number of benzene rings is 1. The Bertz CT molecular complexity index is 574. The first kappa shape index (κ1) is 20.5. The van der Waals surface area contributed by atoms with Crippen molar-refractivity contribution in [2.24, 2.45) is 5.92 Å². The van der Waals surface area contributed by atoms with Crippen LogP contribution in [0.5, 0.6) is 0 Å². The van der Waals surface area contributed by atoms with Gasteiger partial charge < -0.3 is 9.64 Å². The van der Waals surface area contributed by atoms with Crippen LogP contribution in [0.1, 0.15) is 63.0 Å². The second-order valence-corrected chi connectivity index (χ2v) is 7.60. The molecule has 4 heteroatoms. The minimum atomic E-state index is -0.286. The maximum absolute atomic E-state index is 13.0. The summed E-state index contributed by atoms with van der Waals surface area (Å²) in [5, 5.41) is 0. The van der Waals surface area contributed by atoms with Gasteiger partial charge in [0.2, 0.25) is 5.91 Å². The van der Waals surface area contributed by atoms with Gasteiger partial charge >= 0.3 is 5.97 Å². The van der Waals surface area contributed by atoms with Crippen molar-refractivity contribution < 1.29 is 14.3 Å². The molecule has 4 nitrogen and oxygen atoms in total. The van der Waals surface area contributed by atoms with Crippen molar-refractivity contribution in [3.63, 3.8) is 0 Å². The third kappa shape index (κ3) is 6.15. The molecule has 0 bridgehead atoms. The summed E-state index contributed by atoms with van der Waals surface area (Å²) in [5.41, 5.74) is 2.41. The van der Waals surface area contributed by atoms with Crippen LogP contribution in [0.3, 0.4) is 0 Å². The quantitative estimate of drug-likeness (QED) is 0.539. The van der Waals surface area contributed by atoms with Gasteiger partial charge in [-0.3, -0.25) is 9.59 Å². The number of nitrogens with zero attached hydrogens (tertiary/aromatic N) is 1. The minimum absolute atomic E-state index is 0.160. The van der Waals surface area contributed by atoms with Gasteiger partial charge in [-0.05, 0) is 31.7 Å². The van der Waals surface area contributed by atoms with Gasteiger partial charge in [0.15, 0.2) is 0 Å². The normalized spacial score (nSPS) is 16.6. The molecule has 2 rings (SSSR count). The van der Waals surface area contributed by atoms with E-state index in [-0.39, 0.29) is 23.8 Å². The van der Waals surface area contributed by atoms with E-state index < -0.39 is 0 Å². The highest BCUT2D eigenvalue weighted by atomic mass is 16.5. The maximum atomic E-state index is 13.0. The SMILES string of the molecule is COC(=O)C(C)CN(C(=O)CCc1ccc(C)cc1)C1CCCCCC1. The fourth-order valence-corrected chi connectivity index (χ4v) is 3.74. The van der Waals surface area contributed by atoms with Crippen LogP contribution in [0.2, 0.25) is 0 Å². The average Bonchev–Trinajstić information content (AvgIpc) is 2.93. The molecule has 1 aliphatic carbocycles. The van der Waals surface area contributed by atoms with E-state index in [1.807, 2.05) is 11.8 Å². The van der Waals surface area contributed by atoms with Gasteiger partial charge in [0.1, 0.15) is 0 Å². The molecule has 0 saturated heterocycles. The molecule has 0 aliphatic heterocycles. The van der Waals surface area contributed by atoms with Gasteiger partial charge in [-0.15, -0.1) is 0 Å². The van der Waals surface area contributed by atoms with Crippen LogP contribution < -0.4 is 0 Å². The van der Waals surface area contributed by atoms with E-state index in [9.17, 15) is 9.59 Å². The Morgan fingerprint density at radius 3 is 2.31 bits per heavy atom. The van der Waals surface area contributed by atoms with E-state index in [1.165, 1.54) is 43.9 Å². The molecular weight excluding hydrogens is 326 g/mol. The number of carbonyl (C=O) groups excluding carboxylic acids is 2. The summed E-state index contributed by atoms with van der Waals surface area (Å²) < 4.78 is 4.87. The Morgan fingerprint density at radius 2 is 1.73 bits per heavy atom. The molecule has 1 fully saturated rings. The van der Waals surface area contributed by atoms with Crippen LogP contribution in [0.25, 0.3) is 0 Å². The van der Waals surface area contributed by atoms with E-state index in [0.29, 0.717) is 13.0 Å². The van der Waals surface area contributed by atoms with Gasteiger partial charge in [0, 0.05) is 19.0 Å². The molecule has 1 amide bonds. The summed E-state index contributed by atoms with van der Waals surface area (Å²) in [6.07, 6.45) is 8.15. The zero-order chi connectivity index (χ0) is 18.9. The van der Waals surface area contributed by atoms with Crippen LogP contribution in [-0.2, 0) is 20.7 Å². The molecule has 1 saturated carbocycles. The van der Waals surface area contributed by atoms with Gasteiger partial charge in [0.05, 0.1) is 13.0 Å². The molecule has 1 unspecified atom stereocenters. The van der Waals surface area contributed by atoms with E-state index in [4.69, 9.17) is 4.74 Å². The molecule has 0 heterocycles. The Kier molecular flexibility index (Phi) is 8.14. The first-order chi connectivity index (χ1) is 12.5. The predicted octanol–water partition coefficient (Wildman–Crippen LogP) is 4.29. The molecule has 1 aliphatic rings. The molecule has 26 heavy (non-hydrogen) atoms. The van der Waals surface area contributed by atoms with Crippen LogP contribution in [0.15, 0.2) is 24.3 Å². The monoisotopic (exact) mass is 359 g/mol. The fourth-order valence-electron chi connectivity index (χ4n) is 3.74. The Labute approximate surface area is 157 Å². The highest BCUT2D eigenvalue weighted by Gasteiger charge is 2.28. The van der Waals surface area contributed by atoms with Crippen LogP contribution in [0, 0.1) is 12.8 Å². The summed E-state index contributed by atoms with van der Waals surface area (Å²) in [7, 11) is 1.41. The summed E-state index contributed by atoms with van der Waals surface area (Å²) >= 11 is 0. The average molecular weight is 360 g/mol. The number of hydrogen-bond acceptors (Lipinski definition) is 3. The molecule has 1 atom stereocenters. The van der Waals surface area contributed by atoms with Crippen molar-refractivity contribution in [1.82, 2.24) is 4.90 Å². The van der Waals surface area contributed by atoms with Crippen LogP contribution in [-0.4, -0.2) is 36.5 Å². The van der Waals surface area contributed by atoms with Crippen molar-refractivity contribution >= 4 is 11.9 Å².